The fourth-order valence-electron chi connectivity index (χ4n) is 2.53. The summed E-state index contributed by atoms with van der Waals surface area (Å²) in [4.78, 5) is 16.5. The van der Waals surface area contributed by atoms with Gasteiger partial charge in [-0.25, -0.2) is 4.98 Å². The third kappa shape index (κ3) is 4.37. The van der Waals surface area contributed by atoms with Crippen LogP contribution in [0.5, 0.6) is 0 Å². The first-order chi connectivity index (χ1) is 11.2. The predicted molar refractivity (Wildman–Crippen MR) is 91.6 cm³/mol. The van der Waals surface area contributed by atoms with Crippen molar-refractivity contribution >= 4 is 17.2 Å². The van der Waals surface area contributed by atoms with Crippen molar-refractivity contribution < 1.29 is 9.53 Å². The van der Waals surface area contributed by atoms with Gasteiger partial charge in [0.25, 0.3) is 0 Å². The zero-order valence-corrected chi connectivity index (χ0v) is 14.0. The summed E-state index contributed by atoms with van der Waals surface area (Å²) in [5.74, 6) is 0.0132. The van der Waals surface area contributed by atoms with Gasteiger partial charge in [-0.2, -0.15) is 0 Å². The fraction of sp³-hybridized carbons (Fsp3) is 0.412. The van der Waals surface area contributed by atoms with Gasteiger partial charge in [0.05, 0.1) is 23.9 Å². The van der Waals surface area contributed by atoms with Crippen LogP contribution < -0.4 is 10.6 Å². The van der Waals surface area contributed by atoms with Crippen molar-refractivity contribution in [1.82, 2.24) is 15.6 Å². The summed E-state index contributed by atoms with van der Waals surface area (Å²) in [6, 6.07) is 8.14. The zero-order chi connectivity index (χ0) is 16.1. The molecule has 1 unspecified atom stereocenters. The lowest BCUT2D eigenvalue weighted by molar-refractivity contribution is -0.125. The number of aromatic nitrogens is 1. The van der Waals surface area contributed by atoms with E-state index in [0.29, 0.717) is 19.8 Å². The Morgan fingerprint density at radius 1 is 1.43 bits per heavy atom. The molecule has 0 aliphatic carbocycles. The van der Waals surface area contributed by atoms with E-state index in [2.05, 4.69) is 45.3 Å². The minimum atomic E-state index is -0.223. The molecule has 0 saturated carbocycles. The summed E-state index contributed by atoms with van der Waals surface area (Å²) in [6.07, 6.45) is 0.815. The Morgan fingerprint density at radius 3 is 2.91 bits per heavy atom. The second-order valence-electron chi connectivity index (χ2n) is 5.57. The SMILES string of the molecule is Cc1nc(-c2ccc(CCNC(=O)C3COCCN3)cc2)cs1. The van der Waals surface area contributed by atoms with Crippen LogP contribution in [0.3, 0.4) is 0 Å². The van der Waals surface area contributed by atoms with Crippen LogP contribution in [0.2, 0.25) is 0 Å². The molecule has 0 radical (unpaired) electrons. The van der Waals surface area contributed by atoms with Gasteiger partial charge in [-0.15, -0.1) is 11.3 Å². The summed E-state index contributed by atoms with van der Waals surface area (Å²) in [7, 11) is 0. The molecule has 3 rings (SSSR count). The monoisotopic (exact) mass is 331 g/mol. The van der Waals surface area contributed by atoms with Crippen molar-refractivity contribution in [2.45, 2.75) is 19.4 Å². The number of thiazole rings is 1. The molecule has 5 nitrogen and oxygen atoms in total. The number of nitrogens with one attached hydrogen (secondary N) is 2. The predicted octanol–water partition coefficient (Wildman–Crippen LogP) is 1.77. The Morgan fingerprint density at radius 2 is 2.26 bits per heavy atom. The second-order valence-corrected chi connectivity index (χ2v) is 6.63. The highest BCUT2D eigenvalue weighted by Crippen LogP contribution is 2.21. The molecule has 6 heteroatoms. The summed E-state index contributed by atoms with van der Waals surface area (Å²) in [6.45, 7) is 4.50. The first-order valence-electron chi connectivity index (χ1n) is 7.82. The number of carbonyl (C=O) groups excluding carboxylic acids is 1. The van der Waals surface area contributed by atoms with Crippen LogP contribution in [0, 0.1) is 6.92 Å². The number of carbonyl (C=O) groups is 1. The molecule has 1 atom stereocenters. The van der Waals surface area contributed by atoms with Gasteiger partial charge in [0.1, 0.15) is 6.04 Å². The van der Waals surface area contributed by atoms with Crippen LogP contribution in [0.15, 0.2) is 29.6 Å². The van der Waals surface area contributed by atoms with Crippen molar-refractivity contribution in [1.29, 1.82) is 0 Å². The average Bonchev–Trinajstić information content (AvgIpc) is 3.03. The maximum absolute atomic E-state index is 12.0. The van der Waals surface area contributed by atoms with Crippen molar-refractivity contribution in [2.24, 2.45) is 0 Å². The molecule has 23 heavy (non-hydrogen) atoms. The van der Waals surface area contributed by atoms with E-state index < -0.39 is 0 Å². The molecule has 1 aromatic carbocycles. The van der Waals surface area contributed by atoms with Gasteiger partial charge in [0.2, 0.25) is 5.91 Å². The van der Waals surface area contributed by atoms with E-state index >= 15 is 0 Å². The van der Waals surface area contributed by atoms with Gasteiger partial charge in [0, 0.05) is 24.0 Å². The molecule has 2 heterocycles. The number of aryl methyl sites for hydroxylation is 1. The number of hydrogen-bond acceptors (Lipinski definition) is 5. The number of benzene rings is 1. The normalized spacial score (nSPS) is 17.9. The molecule has 1 saturated heterocycles. The first kappa shape index (κ1) is 16.1. The lowest BCUT2D eigenvalue weighted by Gasteiger charge is -2.22. The van der Waals surface area contributed by atoms with Crippen LogP contribution in [0.4, 0.5) is 0 Å². The summed E-state index contributed by atoms with van der Waals surface area (Å²) in [5.41, 5.74) is 3.36. The number of amides is 1. The van der Waals surface area contributed by atoms with Crippen molar-refractivity contribution in [3.63, 3.8) is 0 Å². The number of ether oxygens (including phenoxy) is 1. The molecule has 122 valence electrons. The van der Waals surface area contributed by atoms with Gasteiger partial charge in [-0.3, -0.25) is 4.79 Å². The molecular weight excluding hydrogens is 310 g/mol. The molecule has 1 aliphatic heterocycles. The van der Waals surface area contributed by atoms with Crippen LogP contribution in [0.25, 0.3) is 11.3 Å². The molecule has 1 aromatic heterocycles. The molecule has 0 spiro atoms. The summed E-state index contributed by atoms with van der Waals surface area (Å²) in [5, 5.41) is 9.26. The van der Waals surface area contributed by atoms with Crippen molar-refractivity contribution in [3.8, 4) is 11.3 Å². The van der Waals surface area contributed by atoms with Gasteiger partial charge in [0.15, 0.2) is 0 Å². The topological polar surface area (TPSA) is 63.2 Å². The Bertz CT molecular complexity index is 648. The number of morpholine rings is 1. The van der Waals surface area contributed by atoms with Gasteiger partial charge in [-0.05, 0) is 18.9 Å². The van der Waals surface area contributed by atoms with Gasteiger partial charge in [-0.1, -0.05) is 24.3 Å². The molecule has 1 fully saturated rings. The second kappa shape index (κ2) is 7.68. The number of rotatable bonds is 5. The zero-order valence-electron chi connectivity index (χ0n) is 13.2. The lowest BCUT2D eigenvalue weighted by Crippen LogP contribution is -2.51. The smallest absolute Gasteiger partial charge is 0.239 e. The van der Waals surface area contributed by atoms with E-state index in [1.54, 1.807) is 11.3 Å². The van der Waals surface area contributed by atoms with E-state index in [-0.39, 0.29) is 11.9 Å². The molecular formula is C17H21N3O2S. The van der Waals surface area contributed by atoms with Crippen LogP contribution in [-0.4, -0.2) is 43.2 Å². The Balaban J connectivity index is 1.48. The molecule has 2 N–H and O–H groups in total. The van der Waals surface area contributed by atoms with E-state index in [0.717, 1.165) is 29.2 Å². The first-order valence-corrected chi connectivity index (χ1v) is 8.70. The maximum Gasteiger partial charge on any atom is 0.239 e. The Labute approximate surface area is 140 Å². The van der Waals surface area contributed by atoms with Crippen LogP contribution >= 0.6 is 11.3 Å². The number of hydrogen-bond donors (Lipinski definition) is 2. The Kier molecular flexibility index (Phi) is 5.38. The third-order valence-corrected chi connectivity index (χ3v) is 4.59. The molecule has 0 bridgehead atoms. The quantitative estimate of drug-likeness (QED) is 0.876. The highest BCUT2D eigenvalue weighted by atomic mass is 32.1. The van der Waals surface area contributed by atoms with Crippen molar-refractivity contribution in [2.75, 3.05) is 26.3 Å². The van der Waals surface area contributed by atoms with Gasteiger partial charge < -0.3 is 15.4 Å². The minimum absolute atomic E-state index is 0.0132. The van der Waals surface area contributed by atoms with Crippen LogP contribution in [-0.2, 0) is 16.0 Å². The highest BCUT2D eigenvalue weighted by Gasteiger charge is 2.20. The maximum atomic E-state index is 12.0. The summed E-state index contributed by atoms with van der Waals surface area (Å²) < 4.78 is 5.30. The van der Waals surface area contributed by atoms with Gasteiger partial charge >= 0.3 is 0 Å². The number of nitrogens with zero attached hydrogens (tertiary/aromatic N) is 1. The Hall–Kier alpha value is -1.76. The third-order valence-electron chi connectivity index (χ3n) is 3.82. The largest absolute Gasteiger partial charge is 0.378 e. The summed E-state index contributed by atoms with van der Waals surface area (Å²) >= 11 is 1.66. The van der Waals surface area contributed by atoms with Crippen molar-refractivity contribution in [3.05, 3.63) is 40.2 Å². The molecule has 2 aromatic rings. The standard InChI is InChI=1S/C17H21N3O2S/c1-12-20-16(11-23-12)14-4-2-13(3-5-14)6-7-19-17(21)15-10-22-9-8-18-15/h2-5,11,15,18H,6-10H2,1H3,(H,19,21). The molecule has 1 aliphatic rings. The van der Waals surface area contributed by atoms with E-state index in [4.69, 9.17) is 4.74 Å². The average molecular weight is 331 g/mol. The van der Waals surface area contributed by atoms with E-state index in [9.17, 15) is 4.79 Å². The minimum Gasteiger partial charge on any atom is -0.378 e. The lowest BCUT2D eigenvalue weighted by atomic mass is 10.1. The highest BCUT2D eigenvalue weighted by molar-refractivity contribution is 7.09. The van der Waals surface area contributed by atoms with E-state index in [1.165, 1.54) is 5.56 Å². The fourth-order valence-corrected chi connectivity index (χ4v) is 3.15. The van der Waals surface area contributed by atoms with Crippen LogP contribution in [0.1, 0.15) is 10.6 Å². The van der Waals surface area contributed by atoms with E-state index in [1.807, 2.05) is 6.92 Å². The molecule has 1 amide bonds.